The molecule has 0 saturated heterocycles. The molecule has 88 valence electrons. The fourth-order valence-electron chi connectivity index (χ4n) is 1.50. The minimum absolute atomic E-state index is 0.160. The fraction of sp³-hybridized carbons (Fsp3) is 0.462. The van der Waals surface area contributed by atoms with Gasteiger partial charge in [0.1, 0.15) is 0 Å². The molecule has 0 amide bonds. The predicted molar refractivity (Wildman–Crippen MR) is 64.0 cm³/mol. The molecule has 1 atom stereocenters. The highest BCUT2D eigenvalue weighted by molar-refractivity contribution is 5.69. The Balaban J connectivity index is 2.37. The van der Waals surface area contributed by atoms with E-state index in [-0.39, 0.29) is 12.0 Å². The minimum Gasteiger partial charge on any atom is -0.469 e. The molecule has 0 aliphatic heterocycles. The molecule has 3 nitrogen and oxygen atoms in total. The molecule has 0 heterocycles. The maximum absolute atomic E-state index is 11.1. The number of ether oxygens (including phenoxy) is 1. The molecular formula is C13H19NO2. The van der Waals surface area contributed by atoms with Crippen molar-refractivity contribution in [3.63, 3.8) is 0 Å². The molecule has 1 rings (SSSR count). The van der Waals surface area contributed by atoms with Gasteiger partial charge in [0, 0.05) is 12.6 Å². The monoisotopic (exact) mass is 221 g/mol. The number of esters is 1. The van der Waals surface area contributed by atoms with Gasteiger partial charge in [0.15, 0.2) is 0 Å². The average molecular weight is 221 g/mol. The van der Waals surface area contributed by atoms with Crippen molar-refractivity contribution in [1.29, 1.82) is 0 Å². The SMILES string of the molecule is CC[C@@H](CC(=O)OC)NCc1ccccc1. The van der Waals surface area contributed by atoms with E-state index in [1.165, 1.54) is 12.7 Å². The molecule has 0 aliphatic carbocycles. The van der Waals surface area contributed by atoms with Crippen LogP contribution in [0.1, 0.15) is 25.3 Å². The van der Waals surface area contributed by atoms with Crippen LogP contribution in [-0.2, 0) is 16.1 Å². The van der Waals surface area contributed by atoms with E-state index in [1.807, 2.05) is 18.2 Å². The number of benzene rings is 1. The molecule has 0 fully saturated rings. The highest BCUT2D eigenvalue weighted by Crippen LogP contribution is 2.03. The molecule has 1 N–H and O–H groups in total. The lowest BCUT2D eigenvalue weighted by Crippen LogP contribution is -2.30. The molecular weight excluding hydrogens is 202 g/mol. The van der Waals surface area contributed by atoms with Gasteiger partial charge in [0.05, 0.1) is 13.5 Å². The van der Waals surface area contributed by atoms with Crippen molar-refractivity contribution in [3.05, 3.63) is 35.9 Å². The van der Waals surface area contributed by atoms with E-state index in [9.17, 15) is 4.79 Å². The lowest BCUT2D eigenvalue weighted by Gasteiger charge is -2.15. The second-order valence-corrected chi connectivity index (χ2v) is 3.75. The van der Waals surface area contributed by atoms with E-state index in [4.69, 9.17) is 0 Å². The maximum Gasteiger partial charge on any atom is 0.307 e. The molecule has 0 aliphatic rings. The maximum atomic E-state index is 11.1. The first kappa shape index (κ1) is 12.7. The van der Waals surface area contributed by atoms with Crippen molar-refractivity contribution in [2.24, 2.45) is 0 Å². The third-order valence-corrected chi connectivity index (χ3v) is 2.57. The quantitative estimate of drug-likeness (QED) is 0.748. The molecule has 0 spiro atoms. The first-order valence-corrected chi connectivity index (χ1v) is 5.60. The van der Waals surface area contributed by atoms with Crippen molar-refractivity contribution >= 4 is 5.97 Å². The Morgan fingerprint density at radius 1 is 1.38 bits per heavy atom. The van der Waals surface area contributed by atoms with Crippen LogP contribution in [0.4, 0.5) is 0 Å². The Hall–Kier alpha value is -1.35. The lowest BCUT2D eigenvalue weighted by molar-refractivity contribution is -0.141. The summed E-state index contributed by atoms with van der Waals surface area (Å²) in [6.07, 6.45) is 1.35. The van der Waals surface area contributed by atoms with E-state index in [2.05, 4.69) is 29.1 Å². The van der Waals surface area contributed by atoms with Crippen molar-refractivity contribution in [1.82, 2.24) is 5.32 Å². The Morgan fingerprint density at radius 2 is 2.06 bits per heavy atom. The topological polar surface area (TPSA) is 38.3 Å². The van der Waals surface area contributed by atoms with Gasteiger partial charge in [0.25, 0.3) is 0 Å². The van der Waals surface area contributed by atoms with Crippen molar-refractivity contribution < 1.29 is 9.53 Å². The number of carbonyl (C=O) groups is 1. The Bertz CT molecular complexity index is 311. The van der Waals surface area contributed by atoms with Crippen LogP contribution in [0.2, 0.25) is 0 Å². The van der Waals surface area contributed by atoms with E-state index < -0.39 is 0 Å². The van der Waals surface area contributed by atoms with Crippen LogP contribution in [0.25, 0.3) is 0 Å². The van der Waals surface area contributed by atoms with Gasteiger partial charge in [-0.15, -0.1) is 0 Å². The van der Waals surface area contributed by atoms with Gasteiger partial charge in [-0.1, -0.05) is 37.3 Å². The molecule has 0 aromatic heterocycles. The zero-order chi connectivity index (χ0) is 11.8. The van der Waals surface area contributed by atoms with E-state index in [0.29, 0.717) is 6.42 Å². The molecule has 0 unspecified atom stereocenters. The Morgan fingerprint density at radius 3 is 2.62 bits per heavy atom. The lowest BCUT2D eigenvalue weighted by atomic mass is 10.1. The molecule has 3 heteroatoms. The van der Waals surface area contributed by atoms with Crippen LogP contribution in [0, 0.1) is 0 Å². The van der Waals surface area contributed by atoms with Crippen molar-refractivity contribution in [2.75, 3.05) is 7.11 Å². The highest BCUT2D eigenvalue weighted by atomic mass is 16.5. The van der Waals surface area contributed by atoms with E-state index in [1.54, 1.807) is 0 Å². The number of rotatable bonds is 6. The smallest absolute Gasteiger partial charge is 0.307 e. The van der Waals surface area contributed by atoms with Crippen LogP contribution in [0.3, 0.4) is 0 Å². The van der Waals surface area contributed by atoms with E-state index >= 15 is 0 Å². The summed E-state index contributed by atoms with van der Waals surface area (Å²) in [5.41, 5.74) is 1.23. The fourth-order valence-corrected chi connectivity index (χ4v) is 1.50. The van der Waals surface area contributed by atoms with E-state index in [0.717, 1.165) is 13.0 Å². The summed E-state index contributed by atoms with van der Waals surface area (Å²) in [5, 5.41) is 3.35. The van der Waals surface area contributed by atoms with Gasteiger partial charge < -0.3 is 10.1 Å². The summed E-state index contributed by atoms with van der Waals surface area (Å²) in [6.45, 7) is 2.85. The highest BCUT2D eigenvalue weighted by Gasteiger charge is 2.11. The summed E-state index contributed by atoms with van der Waals surface area (Å²) in [6, 6.07) is 10.3. The number of hydrogen-bond acceptors (Lipinski definition) is 3. The zero-order valence-corrected chi connectivity index (χ0v) is 9.90. The van der Waals surface area contributed by atoms with Crippen molar-refractivity contribution in [3.8, 4) is 0 Å². The second-order valence-electron chi connectivity index (χ2n) is 3.75. The number of methoxy groups -OCH3 is 1. The van der Waals surface area contributed by atoms with Crippen LogP contribution in [0.5, 0.6) is 0 Å². The molecule has 0 radical (unpaired) electrons. The largest absolute Gasteiger partial charge is 0.469 e. The third-order valence-electron chi connectivity index (χ3n) is 2.57. The molecule has 1 aromatic carbocycles. The summed E-state index contributed by atoms with van der Waals surface area (Å²) < 4.78 is 4.66. The average Bonchev–Trinajstić information content (AvgIpc) is 2.35. The second kappa shape index (κ2) is 7.01. The van der Waals surface area contributed by atoms with Gasteiger partial charge in [-0.2, -0.15) is 0 Å². The first-order valence-electron chi connectivity index (χ1n) is 5.60. The van der Waals surface area contributed by atoms with Crippen LogP contribution in [-0.4, -0.2) is 19.1 Å². The van der Waals surface area contributed by atoms with Gasteiger partial charge in [-0.3, -0.25) is 4.79 Å². The molecule has 1 aromatic rings. The van der Waals surface area contributed by atoms with Gasteiger partial charge in [-0.25, -0.2) is 0 Å². The Labute approximate surface area is 96.8 Å². The minimum atomic E-state index is -0.160. The number of nitrogens with one attached hydrogen (secondary N) is 1. The normalized spacial score (nSPS) is 12.1. The molecule has 0 bridgehead atoms. The van der Waals surface area contributed by atoms with Crippen LogP contribution >= 0.6 is 0 Å². The summed E-state index contributed by atoms with van der Waals surface area (Å²) in [7, 11) is 1.42. The molecule has 0 saturated carbocycles. The van der Waals surface area contributed by atoms with Gasteiger partial charge >= 0.3 is 5.97 Å². The molecule has 16 heavy (non-hydrogen) atoms. The summed E-state index contributed by atoms with van der Waals surface area (Å²) in [4.78, 5) is 11.1. The predicted octanol–water partition coefficient (Wildman–Crippen LogP) is 2.12. The summed E-state index contributed by atoms with van der Waals surface area (Å²) in [5.74, 6) is -0.160. The van der Waals surface area contributed by atoms with Crippen LogP contribution in [0.15, 0.2) is 30.3 Å². The first-order chi connectivity index (χ1) is 7.76. The third kappa shape index (κ3) is 4.45. The van der Waals surface area contributed by atoms with Gasteiger partial charge in [0.2, 0.25) is 0 Å². The standard InChI is InChI=1S/C13H19NO2/c1-3-12(9-13(15)16-2)14-10-11-7-5-4-6-8-11/h4-8,12,14H,3,9-10H2,1-2H3/t12-/m0/s1. The number of carbonyl (C=O) groups excluding carboxylic acids is 1. The summed E-state index contributed by atoms with van der Waals surface area (Å²) >= 11 is 0. The van der Waals surface area contributed by atoms with Gasteiger partial charge in [-0.05, 0) is 12.0 Å². The van der Waals surface area contributed by atoms with Crippen molar-refractivity contribution in [2.45, 2.75) is 32.4 Å². The zero-order valence-electron chi connectivity index (χ0n) is 9.90. The Kier molecular flexibility index (Phi) is 5.57. The number of hydrogen-bond donors (Lipinski definition) is 1. The van der Waals surface area contributed by atoms with Crippen LogP contribution < -0.4 is 5.32 Å².